The summed E-state index contributed by atoms with van der Waals surface area (Å²) < 4.78 is 10.4. The van der Waals surface area contributed by atoms with E-state index in [0.29, 0.717) is 6.04 Å². The standard InChI is InChI=1S/C10H22N2O2/c1-9-7-12(6-5-11(9)2)8-10(13-3)14-4/h9-10H,5-8H2,1-4H3. The number of rotatable bonds is 4. The Balaban J connectivity index is 2.32. The molecule has 0 radical (unpaired) electrons. The van der Waals surface area contributed by atoms with Crippen molar-refractivity contribution in [3.63, 3.8) is 0 Å². The molecule has 0 aromatic heterocycles. The largest absolute Gasteiger partial charge is 0.355 e. The first-order valence-electron chi connectivity index (χ1n) is 5.15. The highest BCUT2D eigenvalue weighted by Gasteiger charge is 2.22. The molecule has 0 bridgehead atoms. The molecule has 1 aliphatic heterocycles. The molecule has 0 aliphatic carbocycles. The van der Waals surface area contributed by atoms with Crippen LogP contribution in [0.2, 0.25) is 0 Å². The minimum atomic E-state index is -0.0920. The van der Waals surface area contributed by atoms with Gasteiger partial charge in [-0.1, -0.05) is 0 Å². The van der Waals surface area contributed by atoms with Crippen LogP contribution in [0.25, 0.3) is 0 Å². The molecule has 1 unspecified atom stereocenters. The fraction of sp³-hybridized carbons (Fsp3) is 1.00. The minimum Gasteiger partial charge on any atom is -0.355 e. The highest BCUT2D eigenvalue weighted by atomic mass is 16.7. The van der Waals surface area contributed by atoms with Crippen LogP contribution in [0.3, 0.4) is 0 Å². The van der Waals surface area contributed by atoms with Crippen molar-refractivity contribution >= 4 is 0 Å². The molecule has 0 saturated carbocycles. The van der Waals surface area contributed by atoms with Gasteiger partial charge in [-0.25, -0.2) is 0 Å². The number of piperazine rings is 1. The maximum Gasteiger partial charge on any atom is 0.169 e. The summed E-state index contributed by atoms with van der Waals surface area (Å²) in [5.74, 6) is 0. The lowest BCUT2D eigenvalue weighted by molar-refractivity contribution is -0.120. The second-order valence-corrected chi connectivity index (χ2v) is 3.99. The summed E-state index contributed by atoms with van der Waals surface area (Å²) in [7, 11) is 5.55. The normalized spacial score (nSPS) is 25.9. The third kappa shape index (κ3) is 3.20. The Morgan fingerprint density at radius 1 is 1.29 bits per heavy atom. The van der Waals surface area contributed by atoms with E-state index in [4.69, 9.17) is 9.47 Å². The van der Waals surface area contributed by atoms with Gasteiger partial charge in [-0.2, -0.15) is 0 Å². The average Bonchev–Trinajstić information content (AvgIpc) is 2.19. The van der Waals surface area contributed by atoms with E-state index in [2.05, 4.69) is 23.8 Å². The summed E-state index contributed by atoms with van der Waals surface area (Å²) in [5.41, 5.74) is 0. The van der Waals surface area contributed by atoms with Crippen LogP contribution in [-0.4, -0.2) is 69.6 Å². The Morgan fingerprint density at radius 2 is 1.93 bits per heavy atom. The molecule has 0 aromatic rings. The number of hydrogen-bond donors (Lipinski definition) is 0. The van der Waals surface area contributed by atoms with Gasteiger partial charge in [0.25, 0.3) is 0 Å². The Morgan fingerprint density at radius 3 is 2.43 bits per heavy atom. The van der Waals surface area contributed by atoms with E-state index < -0.39 is 0 Å². The molecule has 14 heavy (non-hydrogen) atoms. The third-order valence-corrected chi connectivity index (χ3v) is 2.98. The maximum atomic E-state index is 5.19. The van der Waals surface area contributed by atoms with Crippen LogP contribution < -0.4 is 0 Å². The van der Waals surface area contributed by atoms with Gasteiger partial charge >= 0.3 is 0 Å². The molecule has 0 aromatic carbocycles. The van der Waals surface area contributed by atoms with E-state index in [1.165, 1.54) is 0 Å². The zero-order valence-corrected chi connectivity index (χ0v) is 9.69. The van der Waals surface area contributed by atoms with Crippen molar-refractivity contribution in [1.82, 2.24) is 9.80 Å². The SMILES string of the molecule is COC(CN1CCN(C)C(C)C1)OC. The molecule has 4 nitrogen and oxygen atoms in total. The predicted octanol–water partition coefficient (Wildman–Crippen LogP) is 0.241. The molecule has 1 saturated heterocycles. The minimum absolute atomic E-state index is 0.0920. The molecule has 4 heteroatoms. The Labute approximate surface area is 86.8 Å². The van der Waals surface area contributed by atoms with Crippen LogP contribution in [-0.2, 0) is 9.47 Å². The summed E-state index contributed by atoms with van der Waals surface area (Å²) in [6, 6.07) is 0.623. The lowest BCUT2D eigenvalue weighted by Gasteiger charge is -2.38. The van der Waals surface area contributed by atoms with Gasteiger partial charge in [0, 0.05) is 46.4 Å². The van der Waals surface area contributed by atoms with Gasteiger partial charge in [0.1, 0.15) is 0 Å². The van der Waals surface area contributed by atoms with Gasteiger partial charge in [0.05, 0.1) is 0 Å². The Bertz CT molecular complexity index is 162. The second-order valence-electron chi connectivity index (χ2n) is 3.99. The molecule has 1 fully saturated rings. The maximum absolute atomic E-state index is 5.19. The van der Waals surface area contributed by atoms with E-state index in [9.17, 15) is 0 Å². The first kappa shape index (κ1) is 11.9. The zero-order valence-electron chi connectivity index (χ0n) is 9.69. The van der Waals surface area contributed by atoms with E-state index in [1.807, 2.05) is 0 Å². The topological polar surface area (TPSA) is 24.9 Å². The van der Waals surface area contributed by atoms with E-state index in [0.717, 1.165) is 26.2 Å². The molecule has 0 N–H and O–H groups in total. The summed E-state index contributed by atoms with van der Waals surface area (Å²) in [5, 5.41) is 0. The van der Waals surface area contributed by atoms with Gasteiger partial charge in [0.2, 0.25) is 0 Å². The summed E-state index contributed by atoms with van der Waals surface area (Å²) in [6.07, 6.45) is -0.0920. The van der Waals surface area contributed by atoms with Crippen LogP contribution in [0.1, 0.15) is 6.92 Å². The molecular weight excluding hydrogens is 180 g/mol. The molecule has 0 amide bonds. The quantitative estimate of drug-likeness (QED) is 0.610. The van der Waals surface area contributed by atoms with Gasteiger partial charge in [0.15, 0.2) is 6.29 Å². The molecule has 1 rings (SSSR count). The van der Waals surface area contributed by atoms with E-state index in [-0.39, 0.29) is 6.29 Å². The van der Waals surface area contributed by atoms with Crippen LogP contribution in [0.5, 0.6) is 0 Å². The molecule has 0 spiro atoms. The lowest BCUT2D eigenvalue weighted by Crippen LogP contribution is -2.52. The molecule has 84 valence electrons. The van der Waals surface area contributed by atoms with Crippen molar-refractivity contribution in [3.05, 3.63) is 0 Å². The monoisotopic (exact) mass is 202 g/mol. The van der Waals surface area contributed by atoms with Crippen molar-refractivity contribution in [3.8, 4) is 0 Å². The molecule has 1 aliphatic rings. The predicted molar refractivity (Wildman–Crippen MR) is 56.3 cm³/mol. The smallest absolute Gasteiger partial charge is 0.169 e. The third-order valence-electron chi connectivity index (χ3n) is 2.98. The second kappa shape index (κ2) is 5.66. The molecular formula is C10H22N2O2. The van der Waals surface area contributed by atoms with Crippen LogP contribution >= 0.6 is 0 Å². The van der Waals surface area contributed by atoms with E-state index >= 15 is 0 Å². The van der Waals surface area contributed by atoms with E-state index in [1.54, 1.807) is 14.2 Å². The number of methoxy groups -OCH3 is 2. The van der Waals surface area contributed by atoms with Crippen molar-refractivity contribution in [2.24, 2.45) is 0 Å². The van der Waals surface area contributed by atoms with Crippen LogP contribution in [0.4, 0.5) is 0 Å². The number of likely N-dealkylation sites (N-methyl/N-ethyl adjacent to an activating group) is 1. The zero-order chi connectivity index (χ0) is 10.6. The van der Waals surface area contributed by atoms with Gasteiger partial charge in [-0.3, -0.25) is 4.90 Å². The van der Waals surface area contributed by atoms with Crippen molar-refractivity contribution < 1.29 is 9.47 Å². The highest BCUT2D eigenvalue weighted by Crippen LogP contribution is 2.08. The summed E-state index contributed by atoms with van der Waals surface area (Å²) in [4.78, 5) is 4.77. The first-order chi connectivity index (χ1) is 6.67. The fourth-order valence-corrected chi connectivity index (χ4v) is 1.75. The van der Waals surface area contributed by atoms with Crippen molar-refractivity contribution in [2.45, 2.75) is 19.3 Å². The average molecular weight is 202 g/mol. The van der Waals surface area contributed by atoms with Gasteiger partial charge in [-0.05, 0) is 14.0 Å². The number of nitrogens with zero attached hydrogens (tertiary/aromatic N) is 2. The van der Waals surface area contributed by atoms with Crippen LogP contribution in [0, 0.1) is 0 Å². The van der Waals surface area contributed by atoms with Gasteiger partial charge in [-0.15, -0.1) is 0 Å². The molecule has 1 atom stereocenters. The van der Waals surface area contributed by atoms with Crippen LogP contribution in [0.15, 0.2) is 0 Å². The fourth-order valence-electron chi connectivity index (χ4n) is 1.75. The highest BCUT2D eigenvalue weighted by molar-refractivity contribution is 4.76. The van der Waals surface area contributed by atoms with Crippen molar-refractivity contribution in [2.75, 3.05) is 47.4 Å². The number of ether oxygens (including phenoxy) is 2. The lowest BCUT2D eigenvalue weighted by atomic mass is 10.2. The van der Waals surface area contributed by atoms with Gasteiger partial charge < -0.3 is 14.4 Å². The summed E-state index contributed by atoms with van der Waals surface area (Å²) in [6.45, 7) is 6.44. The number of hydrogen-bond acceptors (Lipinski definition) is 4. The Kier molecular flexibility index (Phi) is 4.81. The molecule has 1 heterocycles. The van der Waals surface area contributed by atoms with Crippen molar-refractivity contribution in [1.29, 1.82) is 0 Å². The first-order valence-corrected chi connectivity index (χ1v) is 5.15. The Hall–Kier alpha value is -0.160. The summed E-state index contributed by atoms with van der Waals surface area (Å²) >= 11 is 0.